The Morgan fingerprint density at radius 2 is 2.04 bits per heavy atom. The first-order valence-corrected chi connectivity index (χ1v) is 9.20. The number of benzene rings is 1. The molecule has 4 rings (SSSR count). The van der Waals surface area contributed by atoms with Crippen LogP contribution in [0, 0.1) is 0 Å². The molecule has 0 unspecified atom stereocenters. The number of amides is 1. The normalized spacial score (nSPS) is 15.8. The fraction of sp³-hybridized carbons (Fsp3) is 0.222. The van der Waals surface area contributed by atoms with Gasteiger partial charge in [0.05, 0.1) is 5.56 Å². The maximum atomic E-state index is 13.2. The lowest BCUT2D eigenvalue weighted by Gasteiger charge is -2.20. The summed E-state index contributed by atoms with van der Waals surface area (Å²) in [5.74, 6) is -0.00435. The van der Waals surface area contributed by atoms with Gasteiger partial charge in [-0.3, -0.25) is 4.79 Å². The Morgan fingerprint density at radius 1 is 1.25 bits per heavy atom. The highest BCUT2D eigenvalue weighted by Crippen LogP contribution is 2.42. The molecule has 0 radical (unpaired) electrons. The molecule has 0 aliphatic carbocycles. The van der Waals surface area contributed by atoms with Gasteiger partial charge in [-0.05, 0) is 45.8 Å². The minimum Gasteiger partial charge on any atom is -0.345 e. The highest BCUT2D eigenvalue weighted by Gasteiger charge is 2.38. The topological polar surface area (TPSA) is 49.0 Å². The van der Waals surface area contributed by atoms with Crippen LogP contribution in [-0.4, -0.2) is 22.4 Å². The van der Waals surface area contributed by atoms with Gasteiger partial charge in [0.15, 0.2) is 0 Å². The van der Waals surface area contributed by atoms with E-state index in [1.54, 1.807) is 12.4 Å². The van der Waals surface area contributed by atoms with Crippen molar-refractivity contribution in [1.29, 1.82) is 0 Å². The molecule has 1 aliphatic heterocycles. The van der Waals surface area contributed by atoms with Crippen molar-refractivity contribution in [2.24, 2.45) is 0 Å². The number of nitrogens with zero attached hydrogens (tertiary/aromatic N) is 2. The summed E-state index contributed by atoms with van der Waals surface area (Å²) in [4.78, 5) is 22.5. The van der Waals surface area contributed by atoms with Crippen LogP contribution in [0.25, 0.3) is 11.0 Å². The number of nitrogens with one attached hydrogen (secondary N) is 1. The summed E-state index contributed by atoms with van der Waals surface area (Å²) >= 11 is 6.96. The van der Waals surface area contributed by atoms with Crippen molar-refractivity contribution in [2.45, 2.75) is 19.3 Å². The number of halogens is 2. The molecule has 6 heteroatoms. The number of pyridine rings is 1. The SMILES string of the molecule is CC1(C)CN(C(=O)c2c[nH]c3ncc(Br)cc23)c2ccc(Br)cc21. The Labute approximate surface area is 156 Å². The monoisotopic (exact) mass is 447 g/mol. The van der Waals surface area contributed by atoms with Crippen LogP contribution in [0.3, 0.4) is 0 Å². The van der Waals surface area contributed by atoms with E-state index in [2.05, 4.69) is 61.7 Å². The first kappa shape index (κ1) is 15.8. The van der Waals surface area contributed by atoms with Crippen LogP contribution in [0.2, 0.25) is 0 Å². The fourth-order valence-corrected chi connectivity index (χ4v) is 4.03. The predicted octanol–water partition coefficient (Wildman–Crippen LogP) is 5.03. The largest absolute Gasteiger partial charge is 0.345 e. The molecule has 1 N–H and O–H groups in total. The van der Waals surface area contributed by atoms with Crippen molar-refractivity contribution in [3.63, 3.8) is 0 Å². The van der Waals surface area contributed by atoms with E-state index in [1.807, 2.05) is 23.1 Å². The zero-order valence-corrected chi connectivity index (χ0v) is 16.4. The van der Waals surface area contributed by atoms with Crippen molar-refractivity contribution in [3.05, 3.63) is 56.7 Å². The molecular weight excluding hydrogens is 434 g/mol. The molecule has 0 spiro atoms. The number of rotatable bonds is 1. The molecule has 3 aromatic rings. The summed E-state index contributed by atoms with van der Waals surface area (Å²) in [5, 5.41) is 0.831. The molecule has 0 fully saturated rings. The summed E-state index contributed by atoms with van der Waals surface area (Å²) in [6.07, 6.45) is 3.47. The number of anilines is 1. The number of H-pyrrole nitrogens is 1. The Morgan fingerprint density at radius 3 is 2.83 bits per heavy atom. The van der Waals surface area contributed by atoms with E-state index in [0.717, 1.165) is 25.7 Å². The van der Waals surface area contributed by atoms with Gasteiger partial charge in [-0.15, -0.1) is 0 Å². The number of aromatic amines is 1. The molecule has 24 heavy (non-hydrogen) atoms. The molecular formula is C18H15Br2N3O. The van der Waals surface area contributed by atoms with E-state index in [-0.39, 0.29) is 11.3 Å². The minimum atomic E-state index is -0.0836. The second-order valence-electron chi connectivity index (χ2n) is 6.69. The number of carbonyl (C=O) groups is 1. The molecule has 0 atom stereocenters. The molecule has 0 saturated heterocycles. The number of carbonyl (C=O) groups excluding carboxylic acids is 1. The molecule has 122 valence electrons. The molecule has 4 nitrogen and oxygen atoms in total. The molecule has 0 saturated carbocycles. The van der Waals surface area contributed by atoms with E-state index in [9.17, 15) is 4.79 Å². The van der Waals surface area contributed by atoms with E-state index in [0.29, 0.717) is 12.1 Å². The van der Waals surface area contributed by atoms with Gasteiger partial charge in [-0.25, -0.2) is 4.98 Å². The summed E-state index contributed by atoms with van der Waals surface area (Å²) in [6, 6.07) is 8.02. The van der Waals surface area contributed by atoms with Gasteiger partial charge in [0, 0.05) is 44.4 Å². The number of aromatic nitrogens is 2. The standard InChI is InChI=1S/C18H15Br2N3O/c1-18(2)9-23(15-4-3-10(19)6-14(15)18)17(24)13-8-22-16-12(13)5-11(20)7-21-16/h3-8H,9H2,1-2H3,(H,21,22). The molecule has 3 heterocycles. The van der Waals surface area contributed by atoms with Crippen LogP contribution < -0.4 is 4.90 Å². The summed E-state index contributed by atoms with van der Waals surface area (Å²) < 4.78 is 1.89. The summed E-state index contributed by atoms with van der Waals surface area (Å²) in [6.45, 7) is 4.99. The van der Waals surface area contributed by atoms with Crippen LogP contribution in [0.4, 0.5) is 5.69 Å². The Kier molecular flexibility index (Phi) is 3.58. The van der Waals surface area contributed by atoms with Gasteiger partial charge in [0.1, 0.15) is 5.65 Å². The molecule has 1 aromatic carbocycles. The first-order chi connectivity index (χ1) is 11.4. The quantitative estimate of drug-likeness (QED) is 0.567. The van der Waals surface area contributed by atoms with Crippen molar-refractivity contribution in [3.8, 4) is 0 Å². The number of fused-ring (bicyclic) bond motifs is 2. The lowest BCUT2D eigenvalue weighted by atomic mass is 9.87. The van der Waals surface area contributed by atoms with Gasteiger partial charge in [-0.2, -0.15) is 0 Å². The molecule has 1 aliphatic rings. The lowest BCUT2D eigenvalue weighted by Crippen LogP contribution is -2.33. The minimum absolute atomic E-state index is 0.00435. The average Bonchev–Trinajstić information content (AvgIpc) is 3.05. The van der Waals surface area contributed by atoms with Gasteiger partial charge in [0.2, 0.25) is 0 Å². The van der Waals surface area contributed by atoms with E-state index in [1.165, 1.54) is 5.56 Å². The third kappa shape index (κ3) is 2.40. The highest BCUT2D eigenvalue weighted by atomic mass is 79.9. The first-order valence-electron chi connectivity index (χ1n) is 7.61. The second-order valence-corrected chi connectivity index (χ2v) is 8.52. The Balaban J connectivity index is 1.82. The Bertz CT molecular complexity index is 978. The van der Waals surface area contributed by atoms with Crippen molar-refractivity contribution < 1.29 is 4.79 Å². The average molecular weight is 449 g/mol. The van der Waals surface area contributed by atoms with Gasteiger partial charge >= 0.3 is 0 Å². The summed E-state index contributed by atoms with van der Waals surface area (Å²) in [5.41, 5.74) is 3.44. The summed E-state index contributed by atoms with van der Waals surface area (Å²) in [7, 11) is 0. The maximum Gasteiger partial charge on any atom is 0.260 e. The second kappa shape index (κ2) is 5.43. The van der Waals surface area contributed by atoms with Crippen molar-refractivity contribution in [2.75, 3.05) is 11.4 Å². The number of hydrogen-bond acceptors (Lipinski definition) is 2. The zero-order valence-electron chi connectivity index (χ0n) is 13.2. The van der Waals surface area contributed by atoms with Gasteiger partial charge in [-0.1, -0.05) is 29.8 Å². The van der Waals surface area contributed by atoms with Crippen LogP contribution in [-0.2, 0) is 5.41 Å². The van der Waals surface area contributed by atoms with Crippen LogP contribution in [0.15, 0.2) is 45.6 Å². The van der Waals surface area contributed by atoms with Crippen molar-refractivity contribution >= 4 is 54.5 Å². The van der Waals surface area contributed by atoms with Crippen molar-refractivity contribution in [1.82, 2.24) is 9.97 Å². The molecule has 1 amide bonds. The van der Waals surface area contributed by atoms with E-state index in [4.69, 9.17) is 0 Å². The predicted molar refractivity (Wildman–Crippen MR) is 103 cm³/mol. The third-order valence-electron chi connectivity index (χ3n) is 4.51. The molecule has 2 aromatic heterocycles. The Hall–Kier alpha value is -1.66. The van der Waals surface area contributed by atoms with E-state index < -0.39 is 0 Å². The maximum absolute atomic E-state index is 13.2. The zero-order chi connectivity index (χ0) is 17.1. The fourth-order valence-electron chi connectivity index (χ4n) is 3.33. The third-order valence-corrected chi connectivity index (χ3v) is 5.43. The highest BCUT2D eigenvalue weighted by molar-refractivity contribution is 9.10. The number of hydrogen-bond donors (Lipinski definition) is 1. The van der Waals surface area contributed by atoms with Crippen LogP contribution >= 0.6 is 31.9 Å². The molecule has 0 bridgehead atoms. The smallest absolute Gasteiger partial charge is 0.260 e. The van der Waals surface area contributed by atoms with Crippen LogP contribution in [0.5, 0.6) is 0 Å². The lowest BCUT2D eigenvalue weighted by molar-refractivity contribution is 0.0987. The van der Waals surface area contributed by atoms with Gasteiger partial charge in [0.25, 0.3) is 5.91 Å². The van der Waals surface area contributed by atoms with Gasteiger partial charge < -0.3 is 9.88 Å². The van der Waals surface area contributed by atoms with Crippen LogP contribution in [0.1, 0.15) is 29.8 Å². The van der Waals surface area contributed by atoms with E-state index >= 15 is 0 Å².